The van der Waals surface area contributed by atoms with Crippen LogP contribution < -0.4 is 0 Å². The third-order valence-electron chi connectivity index (χ3n) is 6.28. The summed E-state index contributed by atoms with van der Waals surface area (Å²) < 4.78 is 12.1. The molecule has 0 aromatic heterocycles. The van der Waals surface area contributed by atoms with Gasteiger partial charge in [0.1, 0.15) is 6.54 Å². The second kappa shape index (κ2) is 19.7. The zero-order valence-corrected chi connectivity index (χ0v) is 23.8. The van der Waals surface area contributed by atoms with Gasteiger partial charge in [0.2, 0.25) is 5.34 Å². The molecule has 0 heterocycles. The monoisotopic (exact) mass is 502 g/mol. The van der Waals surface area contributed by atoms with E-state index in [0.717, 1.165) is 32.1 Å². The standard InChI is InChI=1S/C28H56NO4P/c1-5-6-7-8-9-10-11-12-13-14-15-16-17-18-19-20-21-22-23-24-25-26-28(30,34(31,32)33)27-29(2,3)4/h16-17,20-21,30H,5-15,18-19,22-27H2,1-4H3,(H-,31,32,33)/p+1/b17-16-,21-20-. The summed E-state index contributed by atoms with van der Waals surface area (Å²) >= 11 is 0. The van der Waals surface area contributed by atoms with Crippen molar-refractivity contribution in [2.75, 3.05) is 27.7 Å². The molecule has 0 saturated heterocycles. The highest BCUT2D eigenvalue weighted by Crippen LogP contribution is 2.52. The van der Waals surface area contributed by atoms with Crippen LogP contribution in [0.2, 0.25) is 0 Å². The molecule has 0 aliphatic rings. The molecule has 0 fully saturated rings. The lowest BCUT2D eigenvalue weighted by Gasteiger charge is -2.35. The van der Waals surface area contributed by atoms with Crippen LogP contribution in [0, 0.1) is 0 Å². The molecule has 0 spiro atoms. The van der Waals surface area contributed by atoms with E-state index in [4.69, 9.17) is 0 Å². The quantitative estimate of drug-likeness (QED) is 0.0578. The third-order valence-corrected chi connectivity index (χ3v) is 7.72. The number of allylic oxidation sites excluding steroid dienone is 4. The molecule has 0 aliphatic carbocycles. The minimum absolute atomic E-state index is 0.0455. The van der Waals surface area contributed by atoms with Crippen molar-refractivity contribution in [3.63, 3.8) is 0 Å². The minimum atomic E-state index is -4.56. The number of likely N-dealkylation sites (N-methyl/N-ethyl adjacent to an activating group) is 1. The summed E-state index contributed by atoms with van der Waals surface area (Å²) in [6.07, 6.45) is 29.9. The first-order chi connectivity index (χ1) is 16.0. The van der Waals surface area contributed by atoms with Crippen LogP contribution in [0.1, 0.15) is 122 Å². The van der Waals surface area contributed by atoms with E-state index in [-0.39, 0.29) is 13.0 Å². The summed E-state index contributed by atoms with van der Waals surface area (Å²) in [4.78, 5) is 19.2. The van der Waals surface area contributed by atoms with E-state index in [0.29, 0.717) is 10.9 Å². The van der Waals surface area contributed by atoms with Crippen molar-refractivity contribution in [2.45, 2.75) is 128 Å². The molecule has 34 heavy (non-hydrogen) atoms. The fourth-order valence-corrected chi connectivity index (χ4v) is 5.39. The van der Waals surface area contributed by atoms with Crippen LogP contribution >= 0.6 is 7.60 Å². The van der Waals surface area contributed by atoms with E-state index in [9.17, 15) is 19.5 Å². The maximum Gasteiger partial charge on any atom is 0.362 e. The van der Waals surface area contributed by atoms with Crippen molar-refractivity contribution in [3.8, 4) is 0 Å². The molecule has 0 aromatic rings. The highest BCUT2D eigenvalue weighted by molar-refractivity contribution is 7.53. The molecule has 6 heteroatoms. The lowest BCUT2D eigenvalue weighted by Crippen LogP contribution is -2.49. The van der Waals surface area contributed by atoms with E-state index in [2.05, 4.69) is 31.2 Å². The number of hydrogen-bond donors (Lipinski definition) is 3. The van der Waals surface area contributed by atoms with Gasteiger partial charge in [-0.25, -0.2) is 0 Å². The van der Waals surface area contributed by atoms with Gasteiger partial charge in [0.15, 0.2) is 0 Å². The molecule has 1 unspecified atom stereocenters. The fourth-order valence-electron chi connectivity index (χ4n) is 4.34. The molecular formula is C28H57NO4P+. The second-order valence-electron chi connectivity index (χ2n) is 11.1. The van der Waals surface area contributed by atoms with Gasteiger partial charge in [-0.1, -0.05) is 95.4 Å². The molecule has 0 rings (SSSR count). The summed E-state index contributed by atoms with van der Waals surface area (Å²) in [5, 5.41) is 8.61. The van der Waals surface area contributed by atoms with Crippen molar-refractivity contribution in [2.24, 2.45) is 0 Å². The van der Waals surface area contributed by atoms with Crippen LogP contribution in [0.4, 0.5) is 0 Å². The van der Waals surface area contributed by atoms with Crippen LogP contribution in [0.25, 0.3) is 0 Å². The normalized spacial score (nSPS) is 14.9. The van der Waals surface area contributed by atoms with Crippen molar-refractivity contribution in [1.29, 1.82) is 0 Å². The smallest absolute Gasteiger partial charge is 0.362 e. The van der Waals surface area contributed by atoms with Crippen LogP contribution in [0.3, 0.4) is 0 Å². The van der Waals surface area contributed by atoms with Gasteiger partial charge in [-0.3, -0.25) is 4.57 Å². The molecule has 0 aromatic carbocycles. The van der Waals surface area contributed by atoms with Gasteiger partial charge in [0, 0.05) is 0 Å². The summed E-state index contributed by atoms with van der Waals surface area (Å²) in [6.45, 7) is 2.32. The third kappa shape index (κ3) is 19.8. The Kier molecular flexibility index (Phi) is 19.4. The average Bonchev–Trinajstić information content (AvgIpc) is 2.73. The summed E-state index contributed by atoms with van der Waals surface area (Å²) in [6, 6.07) is 0. The van der Waals surface area contributed by atoms with Gasteiger partial charge in [-0.05, 0) is 51.4 Å². The van der Waals surface area contributed by atoms with Gasteiger partial charge in [0.25, 0.3) is 0 Å². The lowest BCUT2D eigenvalue weighted by atomic mass is 10.1. The summed E-state index contributed by atoms with van der Waals surface area (Å²) in [5.41, 5.74) is 0. The number of hydrogen-bond acceptors (Lipinski definition) is 2. The predicted molar refractivity (Wildman–Crippen MR) is 147 cm³/mol. The van der Waals surface area contributed by atoms with E-state index in [1.807, 2.05) is 21.1 Å². The molecule has 0 bridgehead atoms. The van der Waals surface area contributed by atoms with Gasteiger partial charge in [-0.15, -0.1) is 0 Å². The number of quaternary nitrogens is 1. The first-order valence-electron chi connectivity index (χ1n) is 13.9. The molecule has 1 atom stereocenters. The van der Waals surface area contributed by atoms with E-state index < -0.39 is 12.9 Å². The maximum atomic E-state index is 11.8. The van der Waals surface area contributed by atoms with Crippen LogP contribution in [0.5, 0.6) is 0 Å². The Morgan fingerprint density at radius 3 is 1.44 bits per heavy atom. The Labute approximate surface area is 211 Å². The molecule has 0 aliphatic heterocycles. The van der Waals surface area contributed by atoms with Crippen molar-refractivity contribution < 1.29 is 23.9 Å². The second-order valence-corrected chi connectivity index (χ2v) is 13.0. The number of aliphatic hydroxyl groups is 1. The minimum Gasteiger partial charge on any atom is -0.373 e. The molecular weight excluding hydrogens is 445 g/mol. The number of nitrogens with zero attached hydrogens (tertiary/aromatic N) is 1. The largest absolute Gasteiger partial charge is 0.373 e. The van der Waals surface area contributed by atoms with E-state index >= 15 is 0 Å². The maximum absolute atomic E-state index is 11.8. The van der Waals surface area contributed by atoms with Gasteiger partial charge < -0.3 is 19.4 Å². The van der Waals surface area contributed by atoms with Crippen molar-refractivity contribution in [3.05, 3.63) is 24.3 Å². The van der Waals surface area contributed by atoms with Gasteiger partial charge in [-0.2, -0.15) is 0 Å². The Hall–Kier alpha value is -0.450. The summed E-state index contributed by atoms with van der Waals surface area (Å²) in [7, 11) is 0.935. The van der Waals surface area contributed by atoms with E-state index in [1.165, 1.54) is 70.6 Å². The molecule has 5 nitrogen and oxygen atoms in total. The van der Waals surface area contributed by atoms with Crippen LogP contribution in [0.15, 0.2) is 24.3 Å². The molecule has 0 radical (unpaired) electrons. The molecule has 0 saturated carbocycles. The van der Waals surface area contributed by atoms with Crippen LogP contribution in [-0.4, -0.2) is 52.4 Å². The fraction of sp³-hybridized carbons (Fsp3) is 0.857. The molecule has 0 amide bonds. The average molecular weight is 503 g/mol. The predicted octanol–water partition coefficient (Wildman–Crippen LogP) is 7.71. The number of rotatable bonds is 23. The first-order valence-corrected chi connectivity index (χ1v) is 15.5. The zero-order chi connectivity index (χ0) is 25.8. The first kappa shape index (κ1) is 33.5. The topological polar surface area (TPSA) is 77.8 Å². The molecule has 3 N–H and O–H groups in total. The van der Waals surface area contributed by atoms with Gasteiger partial charge in [0.05, 0.1) is 21.1 Å². The lowest BCUT2D eigenvalue weighted by molar-refractivity contribution is -0.875. The Balaban J connectivity index is 3.65. The Morgan fingerprint density at radius 1 is 0.647 bits per heavy atom. The van der Waals surface area contributed by atoms with Crippen molar-refractivity contribution in [1.82, 2.24) is 0 Å². The van der Waals surface area contributed by atoms with E-state index in [1.54, 1.807) is 0 Å². The van der Waals surface area contributed by atoms with Crippen molar-refractivity contribution >= 4 is 7.60 Å². The summed E-state index contributed by atoms with van der Waals surface area (Å²) in [5.74, 6) is 0. The highest BCUT2D eigenvalue weighted by Gasteiger charge is 2.48. The van der Waals surface area contributed by atoms with Gasteiger partial charge >= 0.3 is 7.60 Å². The molecule has 202 valence electrons. The number of unbranched alkanes of at least 4 members (excludes halogenated alkanes) is 14. The highest BCUT2D eigenvalue weighted by atomic mass is 31.2. The Bertz CT molecular complexity index is 579. The zero-order valence-electron chi connectivity index (χ0n) is 22.9. The van der Waals surface area contributed by atoms with Crippen LogP contribution in [-0.2, 0) is 4.57 Å². The Morgan fingerprint density at radius 2 is 1.03 bits per heavy atom. The SMILES string of the molecule is CCCCCCCCCCCC/C=C\CC/C=C\CCCCCC(O)(C[N+](C)(C)C)P(=O)(O)O.